The Morgan fingerprint density at radius 3 is 2.37 bits per heavy atom. The first kappa shape index (κ1) is 19.8. The lowest BCUT2D eigenvalue weighted by Gasteiger charge is -2.27. The van der Waals surface area contributed by atoms with E-state index in [1.807, 2.05) is 6.08 Å². The molecule has 0 bridgehead atoms. The number of hydrogen-bond donors (Lipinski definition) is 0. The van der Waals surface area contributed by atoms with E-state index in [1.165, 1.54) is 13.2 Å². The number of ether oxygens (including phenoxy) is 1. The highest BCUT2D eigenvalue weighted by Gasteiger charge is 2.51. The highest BCUT2D eigenvalue weighted by Crippen LogP contribution is 2.41. The highest BCUT2D eigenvalue weighted by molar-refractivity contribution is 7.93. The Morgan fingerprint density at radius 2 is 1.78 bits per heavy atom. The number of methoxy groups -OCH3 is 1. The van der Waals surface area contributed by atoms with Crippen LogP contribution in [0.5, 0.6) is 5.75 Å². The van der Waals surface area contributed by atoms with E-state index in [-0.39, 0.29) is 12.2 Å². The molecule has 0 N–H and O–H groups in total. The quantitative estimate of drug-likeness (QED) is 0.698. The fraction of sp³-hybridized carbons (Fsp3) is 0.474. The van der Waals surface area contributed by atoms with Crippen molar-refractivity contribution in [3.63, 3.8) is 0 Å². The number of rotatable bonds is 2. The summed E-state index contributed by atoms with van der Waals surface area (Å²) in [6.45, 7) is 1.47. The van der Waals surface area contributed by atoms with Gasteiger partial charge in [0.15, 0.2) is 0 Å². The number of anilines is 1. The molecule has 1 aliphatic heterocycles. The van der Waals surface area contributed by atoms with Gasteiger partial charge >= 0.3 is 15.5 Å². The van der Waals surface area contributed by atoms with Crippen LogP contribution in [0.3, 0.4) is 0 Å². The Kier molecular flexibility index (Phi) is 5.29. The molecule has 0 radical (unpaired) electrons. The van der Waals surface area contributed by atoms with Crippen LogP contribution in [0.1, 0.15) is 44.6 Å². The summed E-state index contributed by atoms with van der Waals surface area (Å²) in [4.78, 5) is 0. The number of hydrogen-bond acceptors (Lipinski definition) is 3. The third-order valence-electron chi connectivity index (χ3n) is 5.10. The molecule has 4 nitrogen and oxygen atoms in total. The largest absolute Gasteiger partial charge is 0.516 e. The minimum absolute atomic E-state index is 0.00756. The van der Waals surface area contributed by atoms with Gasteiger partial charge in [0.2, 0.25) is 0 Å². The van der Waals surface area contributed by atoms with Gasteiger partial charge in [0.25, 0.3) is 0 Å². The molecule has 0 aromatic heterocycles. The molecule has 1 fully saturated rings. The lowest BCUT2D eigenvalue weighted by molar-refractivity contribution is -0.0437. The molecule has 27 heavy (non-hydrogen) atoms. The van der Waals surface area contributed by atoms with Crippen LogP contribution < -0.4 is 9.04 Å². The Labute approximate surface area is 157 Å². The van der Waals surface area contributed by atoms with Crippen molar-refractivity contribution in [2.75, 3.05) is 18.0 Å². The molecule has 0 atom stereocenters. The molecule has 2 aliphatic rings. The van der Waals surface area contributed by atoms with Crippen LogP contribution in [-0.4, -0.2) is 27.6 Å². The van der Waals surface area contributed by atoms with E-state index in [1.54, 1.807) is 19.1 Å². The van der Waals surface area contributed by atoms with Crippen molar-refractivity contribution >= 4 is 21.3 Å². The Balaban J connectivity index is 2.22. The van der Waals surface area contributed by atoms with E-state index in [4.69, 9.17) is 4.74 Å². The smallest absolute Gasteiger partial charge is 0.497 e. The lowest BCUT2D eigenvalue weighted by Crippen LogP contribution is -2.42. The van der Waals surface area contributed by atoms with Crippen molar-refractivity contribution in [3.8, 4) is 5.75 Å². The van der Waals surface area contributed by atoms with E-state index in [0.29, 0.717) is 21.2 Å². The fourth-order valence-electron chi connectivity index (χ4n) is 3.66. The molecule has 0 unspecified atom stereocenters. The maximum atomic E-state index is 13.4. The summed E-state index contributed by atoms with van der Waals surface area (Å²) in [7, 11) is -4.16. The molecular weight excluding hydrogens is 379 g/mol. The Hall–Kier alpha value is -1.96. The first-order chi connectivity index (χ1) is 12.6. The first-order valence-corrected chi connectivity index (χ1v) is 10.3. The molecule has 0 saturated heterocycles. The maximum Gasteiger partial charge on any atom is 0.516 e. The summed E-state index contributed by atoms with van der Waals surface area (Å²) in [5.74, 6) is 0.303. The van der Waals surface area contributed by atoms with Gasteiger partial charge < -0.3 is 4.74 Å². The fourth-order valence-corrected chi connectivity index (χ4v) is 4.62. The molecule has 1 aromatic carbocycles. The van der Waals surface area contributed by atoms with Gasteiger partial charge in [-0.05, 0) is 55.9 Å². The van der Waals surface area contributed by atoms with E-state index in [9.17, 15) is 21.6 Å². The average Bonchev–Trinajstić information content (AvgIpc) is 2.78. The van der Waals surface area contributed by atoms with Crippen molar-refractivity contribution in [2.45, 2.75) is 44.5 Å². The van der Waals surface area contributed by atoms with Gasteiger partial charge in [0.05, 0.1) is 19.3 Å². The van der Waals surface area contributed by atoms with Gasteiger partial charge in [-0.25, -0.2) is 0 Å². The standard InChI is InChI=1S/C19H22F3NO3S/c1-13-10-15(14-6-4-3-5-7-14)12-23(27(24,25)19(20,21)22)18-11-16(26-2)8-9-17(13)18/h8-11H,3-7,12H2,1-2H3. The molecule has 3 rings (SSSR count). The number of allylic oxidation sites excluding steroid dienone is 2. The van der Waals surface area contributed by atoms with Crippen LogP contribution in [0, 0.1) is 0 Å². The van der Waals surface area contributed by atoms with E-state index >= 15 is 0 Å². The van der Waals surface area contributed by atoms with Crippen molar-refractivity contribution in [1.29, 1.82) is 0 Å². The summed E-state index contributed by atoms with van der Waals surface area (Å²) < 4.78 is 70.5. The molecule has 1 aliphatic carbocycles. The second-order valence-electron chi connectivity index (χ2n) is 6.86. The van der Waals surface area contributed by atoms with E-state index in [2.05, 4.69) is 0 Å². The number of benzene rings is 1. The molecule has 8 heteroatoms. The zero-order chi connectivity index (χ0) is 19.8. The Morgan fingerprint density at radius 1 is 1.11 bits per heavy atom. The van der Waals surface area contributed by atoms with Crippen molar-refractivity contribution in [3.05, 3.63) is 41.0 Å². The Bertz CT molecular complexity index is 893. The lowest BCUT2D eigenvalue weighted by atomic mass is 9.90. The topological polar surface area (TPSA) is 46.6 Å². The monoisotopic (exact) mass is 401 g/mol. The van der Waals surface area contributed by atoms with E-state index < -0.39 is 15.5 Å². The van der Waals surface area contributed by atoms with Crippen LogP contribution in [0.2, 0.25) is 0 Å². The normalized spacial score (nSPS) is 18.7. The molecule has 0 spiro atoms. The summed E-state index contributed by atoms with van der Waals surface area (Å²) in [5, 5.41) is 0. The first-order valence-electron chi connectivity index (χ1n) is 8.82. The number of nitrogens with zero attached hydrogens (tertiary/aromatic N) is 1. The van der Waals surface area contributed by atoms with Crippen LogP contribution in [0.4, 0.5) is 18.9 Å². The molecule has 0 amide bonds. The molecule has 1 aromatic rings. The van der Waals surface area contributed by atoms with Gasteiger partial charge in [-0.2, -0.15) is 21.6 Å². The molecule has 1 saturated carbocycles. The third kappa shape index (κ3) is 3.72. The van der Waals surface area contributed by atoms with Gasteiger partial charge in [0, 0.05) is 11.6 Å². The van der Waals surface area contributed by atoms with Crippen LogP contribution in [0.15, 0.2) is 35.4 Å². The van der Waals surface area contributed by atoms with Crippen molar-refractivity contribution in [2.24, 2.45) is 0 Å². The molecular formula is C19H22F3NO3S. The summed E-state index contributed by atoms with van der Waals surface area (Å²) >= 11 is 0. The van der Waals surface area contributed by atoms with Crippen molar-refractivity contribution < 1.29 is 26.3 Å². The average molecular weight is 401 g/mol. The van der Waals surface area contributed by atoms with Crippen LogP contribution in [0.25, 0.3) is 5.57 Å². The van der Waals surface area contributed by atoms with Gasteiger partial charge in [-0.3, -0.25) is 4.31 Å². The second-order valence-corrected chi connectivity index (χ2v) is 8.71. The number of sulfonamides is 1. The van der Waals surface area contributed by atoms with Crippen LogP contribution >= 0.6 is 0 Å². The third-order valence-corrected chi connectivity index (χ3v) is 6.59. The molecule has 1 heterocycles. The number of alkyl halides is 3. The summed E-state index contributed by atoms with van der Waals surface area (Å²) in [5.41, 5.74) is -2.49. The predicted octanol–water partition coefficient (Wildman–Crippen LogP) is 5.03. The van der Waals surface area contributed by atoms with Crippen molar-refractivity contribution in [1.82, 2.24) is 0 Å². The second kappa shape index (κ2) is 7.22. The van der Waals surface area contributed by atoms with Gasteiger partial charge in [-0.15, -0.1) is 0 Å². The summed E-state index contributed by atoms with van der Waals surface area (Å²) in [6, 6.07) is 4.57. The minimum Gasteiger partial charge on any atom is -0.497 e. The zero-order valence-electron chi connectivity index (χ0n) is 15.3. The van der Waals surface area contributed by atoms with E-state index in [0.717, 1.165) is 43.3 Å². The van der Waals surface area contributed by atoms with Crippen LogP contribution in [-0.2, 0) is 10.0 Å². The minimum atomic E-state index is -5.55. The zero-order valence-corrected chi connectivity index (χ0v) is 16.1. The number of halogens is 3. The summed E-state index contributed by atoms with van der Waals surface area (Å²) in [6.07, 6.45) is 6.44. The maximum absolute atomic E-state index is 13.4. The highest BCUT2D eigenvalue weighted by atomic mass is 32.2. The SMILES string of the molecule is COc1ccc2c(c1)N(S(=O)(=O)C(F)(F)F)CC(=C1CCCCC1)C=C2C. The number of fused-ring (bicyclic) bond motifs is 1. The van der Waals surface area contributed by atoms with Gasteiger partial charge in [0.1, 0.15) is 5.75 Å². The van der Waals surface area contributed by atoms with Gasteiger partial charge in [-0.1, -0.05) is 18.1 Å². The molecule has 148 valence electrons. The predicted molar refractivity (Wildman–Crippen MR) is 99.1 cm³/mol.